The number of halogens is 1. The van der Waals surface area contributed by atoms with Crippen molar-refractivity contribution in [3.8, 4) is 0 Å². The van der Waals surface area contributed by atoms with E-state index in [0.29, 0.717) is 11.6 Å². The second kappa shape index (κ2) is 4.25. The van der Waals surface area contributed by atoms with Gasteiger partial charge >= 0.3 is 0 Å². The first-order chi connectivity index (χ1) is 8.72. The van der Waals surface area contributed by atoms with Crippen LogP contribution in [0.4, 0.5) is 10.1 Å². The molecule has 1 heterocycles. The van der Waals surface area contributed by atoms with Gasteiger partial charge in [0.1, 0.15) is 11.6 Å². The van der Waals surface area contributed by atoms with E-state index in [1.165, 1.54) is 18.2 Å². The Morgan fingerprint density at radius 2 is 2.22 bits per heavy atom. The molecule has 1 aliphatic rings. The highest BCUT2D eigenvalue weighted by molar-refractivity contribution is 6.02. The summed E-state index contributed by atoms with van der Waals surface area (Å²) >= 11 is 0. The van der Waals surface area contributed by atoms with Gasteiger partial charge in [0.05, 0.1) is 0 Å². The highest BCUT2D eigenvalue weighted by atomic mass is 19.1. The molecule has 1 aromatic heterocycles. The largest absolute Gasteiger partial charge is 0.360 e. The quantitative estimate of drug-likeness (QED) is 0.905. The lowest BCUT2D eigenvalue weighted by Crippen LogP contribution is -2.12. The molecule has 2 aromatic rings. The van der Waals surface area contributed by atoms with E-state index in [4.69, 9.17) is 4.52 Å². The Balaban J connectivity index is 1.73. The molecule has 1 amide bonds. The number of amides is 1. The minimum Gasteiger partial charge on any atom is -0.360 e. The monoisotopic (exact) mass is 246 g/mol. The zero-order valence-corrected chi connectivity index (χ0v) is 9.52. The van der Waals surface area contributed by atoms with Crippen LogP contribution in [-0.2, 0) is 0 Å². The molecule has 1 fully saturated rings. The fourth-order valence-electron chi connectivity index (χ4n) is 1.72. The molecule has 0 bridgehead atoms. The third kappa shape index (κ3) is 2.25. The molecule has 1 saturated carbocycles. The number of nitrogens with zero attached hydrogens (tertiary/aromatic N) is 1. The summed E-state index contributed by atoms with van der Waals surface area (Å²) in [6.45, 7) is 0. The van der Waals surface area contributed by atoms with E-state index in [0.717, 1.165) is 18.6 Å². The van der Waals surface area contributed by atoms with Crippen molar-refractivity contribution in [3.05, 3.63) is 47.6 Å². The number of carbonyl (C=O) groups excluding carboxylic acids is 1. The van der Waals surface area contributed by atoms with Gasteiger partial charge in [-0.1, -0.05) is 11.2 Å². The van der Waals surface area contributed by atoms with E-state index < -0.39 is 11.7 Å². The molecule has 0 atom stereocenters. The fraction of sp³-hybridized carbons (Fsp3) is 0.231. The van der Waals surface area contributed by atoms with Crippen molar-refractivity contribution in [2.45, 2.75) is 18.8 Å². The Morgan fingerprint density at radius 3 is 2.94 bits per heavy atom. The average molecular weight is 246 g/mol. The van der Waals surface area contributed by atoms with Gasteiger partial charge in [-0.25, -0.2) is 4.39 Å². The maximum absolute atomic E-state index is 13.0. The number of rotatable bonds is 3. The predicted octanol–water partition coefficient (Wildman–Crippen LogP) is 2.94. The van der Waals surface area contributed by atoms with Gasteiger partial charge in [0.25, 0.3) is 5.91 Å². The number of hydrogen-bond donors (Lipinski definition) is 1. The minimum absolute atomic E-state index is 0.223. The normalized spacial score (nSPS) is 14.5. The molecule has 1 aliphatic carbocycles. The van der Waals surface area contributed by atoms with Crippen molar-refractivity contribution in [2.24, 2.45) is 0 Å². The molecule has 5 heteroatoms. The summed E-state index contributed by atoms with van der Waals surface area (Å²) in [7, 11) is 0. The van der Waals surface area contributed by atoms with Crippen molar-refractivity contribution < 1.29 is 13.7 Å². The first kappa shape index (κ1) is 11.0. The van der Waals surface area contributed by atoms with Gasteiger partial charge in [0, 0.05) is 17.7 Å². The molecule has 0 spiro atoms. The fourth-order valence-corrected chi connectivity index (χ4v) is 1.72. The molecule has 4 nitrogen and oxygen atoms in total. The minimum atomic E-state index is -0.397. The molecule has 0 saturated heterocycles. The third-order valence-electron chi connectivity index (χ3n) is 2.82. The highest BCUT2D eigenvalue weighted by Gasteiger charge is 2.28. The lowest BCUT2D eigenvalue weighted by atomic mass is 10.2. The Bertz CT molecular complexity index is 590. The summed E-state index contributed by atoms with van der Waals surface area (Å²) in [5, 5.41) is 6.29. The molecule has 18 heavy (non-hydrogen) atoms. The molecular weight excluding hydrogens is 235 g/mol. The lowest BCUT2D eigenvalue weighted by Gasteiger charge is -2.01. The summed E-state index contributed by atoms with van der Waals surface area (Å²) in [6, 6.07) is 7.36. The van der Waals surface area contributed by atoms with Crippen molar-refractivity contribution in [1.82, 2.24) is 5.16 Å². The van der Waals surface area contributed by atoms with Crippen LogP contribution in [0.15, 0.2) is 34.9 Å². The van der Waals surface area contributed by atoms with E-state index in [2.05, 4.69) is 10.5 Å². The van der Waals surface area contributed by atoms with Crippen molar-refractivity contribution in [2.75, 3.05) is 5.32 Å². The molecule has 1 N–H and O–H groups in total. The van der Waals surface area contributed by atoms with Gasteiger partial charge in [0.2, 0.25) is 0 Å². The molecule has 0 unspecified atom stereocenters. The van der Waals surface area contributed by atoms with Crippen molar-refractivity contribution >= 4 is 11.6 Å². The Morgan fingerprint density at radius 1 is 1.39 bits per heavy atom. The predicted molar refractivity (Wildman–Crippen MR) is 62.8 cm³/mol. The molecule has 0 aliphatic heterocycles. The van der Waals surface area contributed by atoms with Crippen LogP contribution in [0.1, 0.15) is 35.0 Å². The zero-order chi connectivity index (χ0) is 12.5. The van der Waals surface area contributed by atoms with Crippen LogP contribution in [0.3, 0.4) is 0 Å². The summed E-state index contributed by atoms with van der Waals surface area (Å²) in [6.07, 6.45) is 2.17. The summed E-state index contributed by atoms with van der Waals surface area (Å²) in [5.41, 5.74) is 0.622. The topological polar surface area (TPSA) is 55.1 Å². The van der Waals surface area contributed by atoms with Gasteiger partial charge in [-0.3, -0.25) is 4.79 Å². The Hall–Kier alpha value is -2.17. The molecule has 1 aromatic carbocycles. The van der Waals surface area contributed by atoms with Gasteiger partial charge in [-0.2, -0.15) is 0 Å². The first-order valence-corrected chi connectivity index (χ1v) is 5.76. The first-order valence-electron chi connectivity index (χ1n) is 5.76. The second-order valence-corrected chi connectivity index (χ2v) is 4.35. The molecule has 0 radical (unpaired) electrons. The Labute approximate surface area is 103 Å². The Kier molecular flexibility index (Phi) is 2.59. The standard InChI is InChI=1S/C13H11FN2O2/c14-9-2-1-3-10(6-9)15-13(17)11-7-12(18-16-11)8-4-5-8/h1-3,6-8H,4-5H2,(H,15,17). The number of aromatic nitrogens is 1. The number of nitrogens with one attached hydrogen (secondary N) is 1. The SMILES string of the molecule is O=C(Nc1cccc(F)c1)c1cc(C2CC2)on1. The van der Waals surface area contributed by atoms with Crippen LogP contribution in [0.2, 0.25) is 0 Å². The van der Waals surface area contributed by atoms with E-state index in [-0.39, 0.29) is 5.69 Å². The van der Waals surface area contributed by atoms with Crippen LogP contribution in [-0.4, -0.2) is 11.1 Å². The van der Waals surface area contributed by atoms with Crippen molar-refractivity contribution in [1.29, 1.82) is 0 Å². The second-order valence-electron chi connectivity index (χ2n) is 4.35. The van der Waals surface area contributed by atoms with Crippen LogP contribution >= 0.6 is 0 Å². The smallest absolute Gasteiger partial charge is 0.277 e. The highest BCUT2D eigenvalue weighted by Crippen LogP contribution is 2.40. The van der Waals surface area contributed by atoms with Crippen molar-refractivity contribution in [3.63, 3.8) is 0 Å². The van der Waals surface area contributed by atoms with Crippen LogP contribution in [0, 0.1) is 5.82 Å². The maximum atomic E-state index is 13.0. The summed E-state index contributed by atoms with van der Waals surface area (Å²) in [5.74, 6) is 0.371. The molecular formula is C13H11FN2O2. The molecule has 3 rings (SSSR count). The van der Waals surface area contributed by atoms with Gasteiger partial charge in [-0.15, -0.1) is 0 Å². The molecule has 92 valence electrons. The van der Waals surface area contributed by atoms with E-state index >= 15 is 0 Å². The third-order valence-corrected chi connectivity index (χ3v) is 2.82. The van der Waals surface area contributed by atoms with Crippen LogP contribution < -0.4 is 5.32 Å². The lowest BCUT2D eigenvalue weighted by molar-refractivity contribution is 0.101. The van der Waals surface area contributed by atoms with Gasteiger partial charge < -0.3 is 9.84 Å². The summed E-state index contributed by atoms with van der Waals surface area (Å²) in [4.78, 5) is 11.8. The number of hydrogen-bond acceptors (Lipinski definition) is 3. The maximum Gasteiger partial charge on any atom is 0.277 e. The number of anilines is 1. The van der Waals surface area contributed by atoms with Crippen LogP contribution in [0.5, 0.6) is 0 Å². The summed E-state index contributed by atoms with van der Waals surface area (Å²) < 4.78 is 18.0. The zero-order valence-electron chi connectivity index (χ0n) is 9.52. The van der Waals surface area contributed by atoms with Crippen LogP contribution in [0.25, 0.3) is 0 Å². The van der Waals surface area contributed by atoms with E-state index in [1.54, 1.807) is 12.1 Å². The number of carbonyl (C=O) groups is 1. The van der Waals surface area contributed by atoms with Gasteiger partial charge in [-0.05, 0) is 31.0 Å². The van der Waals surface area contributed by atoms with Gasteiger partial charge in [0.15, 0.2) is 5.69 Å². The number of benzene rings is 1. The average Bonchev–Trinajstić information content (AvgIpc) is 3.07. The van der Waals surface area contributed by atoms with E-state index in [1.807, 2.05) is 0 Å². The van der Waals surface area contributed by atoms with E-state index in [9.17, 15) is 9.18 Å².